The SMILES string of the molecule is CCCn1ncc(Cl)c1C(NN)c1ccc(Br)cc1C. The highest BCUT2D eigenvalue weighted by Gasteiger charge is 2.22. The van der Waals surface area contributed by atoms with Gasteiger partial charge in [-0.05, 0) is 36.6 Å². The number of hydrogen-bond donors (Lipinski definition) is 2. The molecule has 1 atom stereocenters. The van der Waals surface area contributed by atoms with Crippen molar-refractivity contribution in [1.82, 2.24) is 15.2 Å². The molecule has 0 amide bonds. The molecular formula is C14H18BrClN4. The van der Waals surface area contributed by atoms with Crippen molar-refractivity contribution in [2.24, 2.45) is 5.84 Å². The summed E-state index contributed by atoms with van der Waals surface area (Å²) in [4.78, 5) is 0. The molecule has 3 N–H and O–H groups in total. The molecular weight excluding hydrogens is 340 g/mol. The molecule has 0 spiro atoms. The van der Waals surface area contributed by atoms with Gasteiger partial charge in [-0.2, -0.15) is 5.10 Å². The number of aromatic nitrogens is 2. The number of nitrogens with one attached hydrogen (secondary N) is 1. The molecule has 1 aromatic carbocycles. The van der Waals surface area contributed by atoms with Crippen molar-refractivity contribution in [2.75, 3.05) is 0 Å². The Bertz CT molecular complexity index is 597. The number of hydrazine groups is 1. The average molecular weight is 358 g/mol. The van der Waals surface area contributed by atoms with Gasteiger partial charge in [0.2, 0.25) is 0 Å². The summed E-state index contributed by atoms with van der Waals surface area (Å²) in [5, 5.41) is 4.96. The van der Waals surface area contributed by atoms with E-state index in [1.807, 2.05) is 16.8 Å². The predicted octanol–water partition coefficient (Wildman–Crippen LogP) is 3.57. The van der Waals surface area contributed by atoms with Crippen LogP contribution in [0.5, 0.6) is 0 Å². The first-order chi connectivity index (χ1) is 9.58. The second kappa shape index (κ2) is 6.72. The molecule has 0 bridgehead atoms. The lowest BCUT2D eigenvalue weighted by Gasteiger charge is -2.20. The van der Waals surface area contributed by atoms with Crippen molar-refractivity contribution >= 4 is 27.5 Å². The van der Waals surface area contributed by atoms with Crippen LogP contribution in [-0.4, -0.2) is 9.78 Å². The summed E-state index contributed by atoms with van der Waals surface area (Å²) >= 11 is 9.77. The van der Waals surface area contributed by atoms with Gasteiger partial charge in [-0.3, -0.25) is 10.5 Å². The molecule has 0 aliphatic carbocycles. The van der Waals surface area contributed by atoms with Crippen LogP contribution in [0, 0.1) is 6.92 Å². The van der Waals surface area contributed by atoms with E-state index in [0.29, 0.717) is 5.02 Å². The fraction of sp³-hybridized carbons (Fsp3) is 0.357. The van der Waals surface area contributed by atoms with E-state index in [0.717, 1.165) is 34.3 Å². The van der Waals surface area contributed by atoms with Crippen LogP contribution in [-0.2, 0) is 6.54 Å². The molecule has 0 aliphatic heterocycles. The van der Waals surface area contributed by atoms with Crippen molar-refractivity contribution in [1.29, 1.82) is 0 Å². The van der Waals surface area contributed by atoms with Gasteiger partial charge in [0.1, 0.15) is 0 Å². The predicted molar refractivity (Wildman–Crippen MR) is 85.6 cm³/mol. The minimum atomic E-state index is -0.176. The number of aryl methyl sites for hydroxylation is 2. The van der Waals surface area contributed by atoms with Gasteiger partial charge >= 0.3 is 0 Å². The third-order valence-corrected chi connectivity index (χ3v) is 4.04. The average Bonchev–Trinajstić information content (AvgIpc) is 2.75. The number of rotatable bonds is 5. The van der Waals surface area contributed by atoms with Gasteiger partial charge in [0.25, 0.3) is 0 Å². The molecule has 2 aromatic rings. The van der Waals surface area contributed by atoms with Crippen LogP contribution >= 0.6 is 27.5 Å². The first-order valence-electron chi connectivity index (χ1n) is 6.51. The molecule has 1 heterocycles. The molecule has 6 heteroatoms. The summed E-state index contributed by atoms with van der Waals surface area (Å²) in [5.74, 6) is 5.78. The fourth-order valence-corrected chi connectivity index (χ4v) is 3.05. The van der Waals surface area contributed by atoms with Crippen molar-refractivity contribution in [3.63, 3.8) is 0 Å². The normalized spacial score (nSPS) is 12.7. The maximum absolute atomic E-state index is 6.30. The molecule has 1 unspecified atom stereocenters. The van der Waals surface area contributed by atoms with E-state index in [-0.39, 0.29) is 6.04 Å². The fourth-order valence-electron chi connectivity index (χ4n) is 2.33. The molecule has 20 heavy (non-hydrogen) atoms. The first kappa shape index (κ1) is 15.5. The second-order valence-corrected chi connectivity index (χ2v) is 6.02. The Morgan fingerprint density at radius 1 is 1.50 bits per heavy atom. The Morgan fingerprint density at radius 3 is 2.85 bits per heavy atom. The van der Waals surface area contributed by atoms with E-state index >= 15 is 0 Å². The second-order valence-electron chi connectivity index (χ2n) is 4.70. The highest BCUT2D eigenvalue weighted by atomic mass is 79.9. The number of nitrogens with zero attached hydrogens (tertiary/aromatic N) is 2. The lowest BCUT2D eigenvalue weighted by atomic mass is 9.99. The van der Waals surface area contributed by atoms with Crippen LogP contribution < -0.4 is 11.3 Å². The molecule has 0 radical (unpaired) electrons. The van der Waals surface area contributed by atoms with Gasteiger partial charge < -0.3 is 0 Å². The molecule has 108 valence electrons. The van der Waals surface area contributed by atoms with Crippen molar-refractivity contribution in [3.8, 4) is 0 Å². The summed E-state index contributed by atoms with van der Waals surface area (Å²) in [6.07, 6.45) is 2.66. The molecule has 2 rings (SSSR count). The van der Waals surface area contributed by atoms with E-state index in [1.54, 1.807) is 6.20 Å². The van der Waals surface area contributed by atoms with E-state index in [2.05, 4.69) is 46.4 Å². The van der Waals surface area contributed by atoms with Crippen molar-refractivity contribution in [3.05, 3.63) is 50.7 Å². The molecule has 0 fully saturated rings. The summed E-state index contributed by atoms with van der Waals surface area (Å²) in [6.45, 7) is 4.98. The maximum atomic E-state index is 6.30. The third kappa shape index (κ3) is 3.06. The summed E-state index contributed by atoms with van der Waals surface area (Å²) in [5.41, 5.74) is 6.00. The monoisotopic (exact) mass is 356 g/mol. The van der Waals surface area contributed by atoms with Gasteiger partial charge in [0.15, 0.2) is 0 Å². The number of halogens is 2. The van der Waals surface area contributed by atoms with Crippen molar-refractivity contribution in [2.45, 2.75) is 32.9 Å². The van der Waals surface area contributed by atoms with E-state index in [1.165, 1.54) is 0 Å². The Kier molecular flexibility index (Phi) is 5.21. The zero-order chi connectivity index (χ0) is 14.7. The largest absolute Gasteiger partial charge is 0.271 e. The molecule has 0 aliphatic rings. The van der Waals surface area contributed by atoms with Gasteiger partial charge in [-0.25, -0.2) is 5.43 Å². The lowest BCUT2D eigenvalue weighted by molar-refractivity contribution is 0.520. The third-order valence-electron chi connectivity index (χ3n) is 3.25. The molecule has 0 saturated heterocycles. The Balaban J connectivity index is 2.49. The number of hydrogen-bond acceptors (Lipinski definition) is 3. The quantitative estimate of drug-likeness (QED) is 0.635. The first-order valence-corrected chi connectivity index (χ1v) is 7.69. The van der Waals surface area contributed by atoms with Crippen LogP contribution in [0.3, 0.4) is 0 Å². The highest BCUT2D eigenvalue weighted by Crippen LogP contribution is 2.30. The minimum Gasteiger partial charge on any atom is -0.271 e. The zero-order valence-electron chi connectivity index (χ0n) is 11.5. The summed E-state index contributed by atoms with van der Waals surface area (Å²) in [6, 6.07) is 5.93. The lowest BCUT2D eigenvalue weighted by Crippen LogP contribution is -2.31. The van der Waals surface area contributed by atoms with Crippen LogP contribution in [0.1, 0.15) is 36.2 Å². The summed E-state index contributed by atoms with van der Waals surface area (Å²) in [7, 11) is 0. The van der Waals surface area contributed by atoms with E-state index in [9.17, 15) is 0 Å². The van der Waals surface area contributed by atoms with Gasteiger partial charge in [-0.15, -0.1) is 0 Å². The number of nitrogens with two attached hydrogens (primary N) is 1. The topological polar surface area (TPSA) is 55.9 Å². The minimum absolute atomic E-state index is 0.176. The van der Waals surface area contributed by atoms with E-state index in [4.69, 9.17) is 17.4 Å². The standard InChI is InChI=1S/C14H18BrClN4/c1-3-6-20-14(12(16)8-18-20)13(19-17)11-5-4-10(15)7-9(11)2/h4-5,7-8,13,19H,3,6,17H2,1-2H3. The Labute approximate surface area is 132 Å². The van der Waals surface area contributed by atoms with Gasteiger partial charge in [0.05, 0.1) is 23.0 Å². The summed E-state index contributed by atoms with van der Waals surface area (Å²) < 4.78 is 2.96. The van der Waals surface area contributed by atoms with E-state index < -0.39 is 0 Å². The van der Waals surface area contributed by atoms with Gasteiger partial charge in [-0.1, -0.05) is 40.5 Å². The van der Waals surface area contributed by atoms with Crippen LogP contribution in [0.25, 0.3) is 0 Å². The molecule has 0 saturated carbocycles. The Hall–Kier alpha value is -0.880. The van der Waals surface area contributed by atoms with Crippen LogP contribution in [0.15, 0.2) is 28.9 Å². The van der Waals surface area contributed by atoms with Gasteiger partial charge in [0, 0.05) is 11.0 Å². The molecule has 1 aromatic heterocycles. The number of benzene rings is 1. The van der Waals surface area contributed by atoms with Crippen molar-refractivity contribution < 1.29 is 0 Å². The Morgan fingerprint density at radius 2 is 2.25 bits per heavy atom. The highest BCUT2D eigenvalue weighted by molar-refractivity contribution is 9.10. The smallest absolute Gasteiger partial charge is 0.0896 e. The zero-order valence-corrected chi connectivity index (χ0v) is 13.9. The van der Waals surface area contributed by atoms with Crippen LogP contribution in [0.2, 0.25) is 5.02 Å². The maximum Gasteiger partial charge on any atom is 0.0896 e. The molecule has 4 nitrogen and oxygen atoms in total. The van der Waals surface area contributed by atoms with Crippen LogP contribution in [0.4, 0.5) is 0 Å².